The summed E-state index contributed by atoms with van der Waals surface area (Å²) in [5.74, 6) is -0.224. The first-order valence-corrected chi connectivity index (χ1v) is 9.22. The Kier molecular flexibility index (Phi) is 4.61. The van der Waals surface area contributed by atoms with E-state index in [9.17, 15) is 17.6 Å². The molecule has 9 heteroatoms. The number of hydrogen-bond acceptors (Lipinski definition) is 5. The number of aryl methyl sites for hydroxylation is 2. The Hall–Kier alpha value is -2.26. The summed E-state index contributed by atoms with van der Waals surface area (Å²) in [6.45, 7) is 4.10. The van der Waals surface area contributed by atoms with Gasteiger partial charge in [-0.2, -0.15) is 4.31 Å². The monoisotopic (exact) mass is 367 g/mol. The first-order chi connectivity index (χ1) is 11.8. The van der Waals surface area contributed by atoms with Crippen LogP contribution in [0.3, 0.4) is 0 Å². The number of benzene rings is 1. The zero-order valence-electron chi connectivity index (χ0n) is 13.9. The number of piperazine rings is 1. The van der Waals surface area contributed by atoms with Crippen LogP contribution in [0.1, 0.15) is 21.8 Å². The molecule has 2 aromatic rings. The summed E-state index contributed by atoms with van der Waals surface area (Å²) in [5.41, 5.74) is 0.569. The van der Waals surface area contributed by atoms with E-state index in [1.807, 2.05) is 0 Å². The van der Waals surface area contributed by atoms with Crippen molar-refractivity contribution in [3.8, 4) is 0 Å². The number of halogens is 1. The van der Waals surface area contributed by atoms with Crippen LogP contribution in [0.5, 0.6) is 0 Å². The average Bonchev–Trinajstić information content (AvgIpc) is 3.00. The number of rotatable bonds is 3. The summed E-state index contributed by atoms with van der Waals surface area (Å²) in [7, 11) is -3.72. The van der Waals surface area contributed by atoms with Gasteiger partial charge in [0.1, 0.15) is 11.6 Å². The van der Waals surface area contributed by atoms with E-state index in [2.05, 4.69) is 5.16 Å². The Labute approximate surface area is 145 Å². The SMILES string of the molecule is Cc1cc(C(=O)N2CCN(S(=O)(=O)c3ccc(F)cc3C)CC2)no1. The lowest BCUT2D eigenvalue weighted by Gasteiger charge is -2.33. The van der Waals surface area contributed by atoms with Crippen molar-refractivity contribution >= 4 is 15.9 Å². The molecule has 0 atom stereocenters. The van der Waals surface area contributed by atoms with Gasteiger partial charge in [0, 0.05) is 32.2 Å². The Morgan fingerprint density at radius 3 is 2.40 bits per heavy atom. The Morgan fingerprint density at radius 2 is 1.84 bits per heavy atom. The second kappa shape index (κ2) is 6.57. The zero-order chi connectivity index (χ0) is 18.2. The van der Waals surface area contributed by atoms with Gasteiger partial charge in [0.2, 0.25) is 10.0 Å². The highest BCUT2D eigenvalue weighted by molar-refractivity contribution is 7.89. The third-order valence-electron chi connectivity index (χ3n) is 4.13. The average molecular weight is 367 g/mol. The number of amides is 1. The fourth-order valence-corrected chi connectivity index (χ4v) is 4.43. The van der Waals surface area contributed by atoms with Gasteiger partial charge in [-0.25, -0.2) is 12.8 Å². The molecule has 0 saturated carbocycles. The van der Waals surface area contributed by atoms with Gasteiger partial charge >= 0.3 is 0 Å². The fourth-order valence-electron chi connectivity index (χ4n) is 2.80. The highest BCUT2D eigenvalue weighted by Gasteiger charge is 2.32. The molecule has 1 aliphatic rings. The van der Waals surface area contributed by atoms with Gasteiger partial charge in [-0.05, 0) is 37.6 Å². The van der Waals surface area contributed by atoms with Crippen LogP contribution in [0.4, 0.5) is 4.39 Å². The lowest BCUT2D eigenvalue weighted by Crippen LogP contribution is -2.50. The van der Waals surface area contributed by atoms with Gasteiger partial charge in [-0.1, -0.05) is 5.16 Å². The van der Waals surface area contributed by atoms with Crippen LogP contribution in [-0.2, 0) is 10.0 Å². The normalized spacial score (nSPS) is 16.2. The molecule has 1 fully saturated rings. The lowest BCUT2D eigenvalue weighted by molar-refractivity contribution is 0.0687. The highest BCUT2D eigenvalue weighted by atomic mass is 32.2. The van der Waals surface area contributed by atoms with Crippen LogP contribution < -0.4 is 0 Å². The minimum absolute atomic E-state index is 0.0841. The van der Waals surface area contributed by atoms with E-state index < -0.39 is 15.8 Å². The molecule has 25 heavy (non-hydrogen) atoms. The summed E-state index contributed by atoms with van der Waals surface area (Å²) < 4.78 is 44.9. The molecule has 0 aliphatic carbocycles. The van der Waals surface area contributed by atoms with Gasteiger partial charge in [0.05, 0.1) is 4.90 Å². The predicted molar refractivity (Wildman–Crippen MR) is 87.0 cm³/mol. The third-order valence-corrected chi connectivity index (χ3v) is 6.19. The van der Waals surface area contributed by atoms with Crippen LogP contribution >= 0.6 is 0 Å². The van der Waals surface area contributed by atoms with E-state index in [4.69, 9.17) is 4.52 Å². The van der Waals surface area contributed by atoms with E-state index in [0.29, 0.717) is 11.3 Å². The topological polar surface area (TPSA) is 83.7 Å². The second-order valence-corrected chi connectivity index (χ2v) is 7.84. The van der Waals surface area contributed by atoms with Crippen LogP contribution in [0.15, 0.2) is 33.7 Å². The molecule has 3 rings (SSSR count). The highest BCUT2D eigenvalue weighted by Crippen LogP contribution is 2.22. The van der Waals surface area contributed by atoms with Crippen molar-refractivity contribution in [3.05, 3.63) is 47.1 Å². The predicted octanol–water partition coefficient (Wildman–Crippen LogP) is 1.58. The van der Waals surface area contributed by atoms with Gasteiger partial charge in [-0.15, -0.1) is 0 Å². The number of carbonyl (C=O) groups excluding carboxylic acids is 1. The number of aromatic nitrogens is 1. The maximum atomic E-state index is 13.2. The van der Waals surface area contributed by atoms with Gasteiger partial charge < -0.3 is 9.42 Å². The molecule has 0 bridgehead atoms. The van der Waals surface area contributed by atoms with E-state index >= 15 is 0 Å². The largest absolute Gasteiger partial charge is 0.361 e. The van der Waals surface area contributed by atoms with E-state index in [1.54, 1.807) is 24.8 Å². The van der Waals surface area contributed by atoms with Gasteiger partial charge in [0.25, 0.3) is 5.91 Å². The van der Waals surface area contributed by atoms with Crippen molar-refractivity contribution in [1.82, 2.24) is 14.4 Å². The minimum Gasteiger partial charge on any atom is -0.361 e. The molecular formula is C16H18FN3O4S. The second-order valence-electron chi connectivity index (χ2n) is 5.93. The van der Waals surface area contributed by atoms with Crippen LogP contribution in [0.25, 0.3) is 0 Å². The third kappa shape index (κ3) is 3.42. The summed E-state index contributed by atoms with van der Waals surface area (Å²) in [4.78, 5) is 14.0. The van der Waals surface area contributed by atoms with Crippen molar-refractivity contribution in [1.29, 1.82) is 0 Å². The fraction of sp³-hybridized carbons (Fsp3) is 0.375. The molecule has 0 N–H and O–H groups in total. The Balaban J connectivity index is 1.72. The van der Waals surface area contributed by atoms with Crippen LogP contribution in [0.2, 0.25) is 0 Å². The smallest absolute Gasteiger partial charge is 0.276 e. The number of sulfonamides is 1. The van der Waals surface area contributed by atoms with Gasteiger partial charge in [0.15, 0.2) is 5.69 Å². The number of hydrogen-bond donors (Lipinski definition) is 0. The maximum absolute atomic E-state index is 13.2. The molecule has 1 amide bonds. The molecular weight excluding hydrogens is 349 g/mol. The van der Waals surface area contributed by atoms with Gasteiger partial charge in [-0.3, -0.25) is 4.79 Å². The summed E-state index contributed by atoms with van der Waals surface area (Å²) in [5, 5.41) is 3.69. The van der Waals surface area contributed by atoms with Crippen molar-refractivity contribution in [2.45, 2.75) is 18.7 Å². The molecule has 1 aliphatic heterocycles. The standard InChI is InChI=1S/C16H18FN3O4S/c1-11-9-13(17)3-4-15(11)25(22,23)20-7-5-19(6-8-20)16(21)14-10-12(2)24-18-14/h3-4,9-10H,5-8H2,1-2H3. The maximum Gasteiger partial charge on any atom is 0.276 e. The minimum atomic E-state index is -3.72. The van der Waals surface area contributed by atoms with Crippen molar-refractivity contribution in [2.24, 2.45) is 0 Å². The van der Waals surface area contributed by atoms with E-state index in [0.717, 1.165) is 6.07 Å². The van der Waals surface area contributed by atoms with Crippen LogP contribution in [0, 0.1) is 19.7 Å². The van der Waals surface area contributed by atoms with Crippen LogP contribution in [-0.4, -0.2) is 54.9 Å². The molecule has 0 unspecified atom stereocenters. The first-order valence-electron chi connectivity index (χ1n) is 7.78. The molecule has 134 valence electrons. The molecule has 0 spiro atoms. The number of nitrogens with zero attached hydrogens (tertiary/aromatic N) is 3. The van der Waals surface area contributed by atoms with Crippen molar-refractivity contribution < 1.29 is 22.1 Å². The molecule has 0 radical (unpaired) electrons. The molecule has 2 heterocycles. The molecule has 1 aromatic carbocycles. The van der Waals surface area contributed by atoms with E-state index in [-0.39, 0.29) is 42.7 Å². The number of carbonyl (C=O) groups is 1. The first kappa shape index (κ1) is 17.6. The van der Waals surface area contributed by atoms with Crippen molar-refractivity contribution in [2.75, 3.05) is 26.2 Å². The molecule has 7 nitrogen and oxygen atoms in total. The quantitative estimate of drug-likeness (QED) is 0.822. The summed E-state index contributed by atoms with van der Waals surface area (Å²) >= 11 is 0. The lowest BCUT2D eigenvalue weighted by atomic mass is 10.2. The zero-order valence-corrected chi connectivity index (χ0v) is 14.7. The summed E-state index contributed by atoms with van der Waals surface area (Å²) in [6, 6.07) is 5.15. The summed E-state index contributed by atoms with van der Waals surface area (Å²) in [6.07, 6.45) is 0. The van der Waals surface area contributed by atoms with Crippen molar-refractivity contribution in [3.63, 3.8) is 0 Å². The van der Waals surface area contributed by atoms with E-state index in [1.165, 1.54) is 16.4 Å². The Morgan fingerprint density at radius 1 is 1.16 bits per heavy atom. The Bertz CT molecular complexity index is 902. The molecule has 1 aromatic heterocycles. The molecule has 1 saturated heterocycles.